The standard InChI is InChI=1S/C18H26FN3O2/c1-24-17-6-5-15(19)12-14(17)13-21-8-10-22(11-9-21)18(23)16-4-2-3-7-20-16/h5-6,12,16,20H,2-4,7-11,13H2,1H3/t16-/m1/s1. The van der Waals surface area contributed by atoms with Gasteiger partial charge in [-0.3, -0.25) is 9.69 Å². The van der Waals surface area contributed by atoms with E-state index in [9.17, 15) is 9.18 Å². The van der Waals surface area contributed by atoms with Crippen molar-refractivity contribution < 1.29 is 13.9 Å². The van der Waals surface area contributed by atoms with E-state index in [4.69, 9.17) is 4.74 Å². The van der Waals surface area contributed by atoms with E-state index in [0.29, 0.717) is 12.3 Å². The lowest BCUT2D eigenvalue weighted by Crippen LogP contribution is -2.54. The van der Waals surface area contributed by atoms with Gasteiger partial charge in [-0.1, -0.05) is 6.42 Å². The Labute approximate surface area is 142 Å². The number of carbonyl (C=O) groups excluding carboxylic acids is 1. The highest BCUT2D eigenvalue weighted by atomic mass is 19.1. The van der Waals surface area contributed by atoms with Gasteiger partial charge < -0.3 is 15.0 Å². The Bertz CT molecular complexity index is 567. The Morgan fingerprint density at radius 2 is 2.08 bits per heavy atom. The summed E-state index contributed by atoms with van der Waals surface area (Å²) in [5.41, 5.74) is 0.853. The largest absolute Gasteiger partial charge is 0.496 e. The van der Waals surface area contributed by atoms with Gasteiger partial charge in [-0.2, -0.15) is 0 Å². The van der Waals surface area contributed by atoms with Crippen LogP contribution in [0.25, 0.3) is 0 Å². The van der Waals surface area contributed by atoms with Crippen LogP contribution >= 0.6 is 0 Å². The normalized spacial score (nSPS) is 22.4. The van der Waals surface area contributed by atoms with Crippen molar-refractivity contribution >= 4 is 5.91 Å². The highest BCUT2D eigenvalue weighted by molar-refractivity contribution is 5.82. The second kappa shape index (κ2) is 7.94. The third kappa shape index (κ3) is 4.05. The van der Waals surface area contributed by atoms with Gasteiger partial charge >= 0.3 is 0 Å². The summed E-state index contributed by atoms with van der Waals surface area (Å²) < 4.78 is 18.8. The molecule has 0 radical (unpaired) electrons. The molecule has 0 bridgehead atoms. The summed E-state index contributed by atoms with van der Waals surface area (Å²) in [4.78, 5) is 16.7. The molecule has 6 heteroatoms. The number of hydrogen-bond acceptors (Lipinski definition) is 4. The minimum Gasteiger partial charge on any atom is -0.496 e. The molecule has 1 atom stereocenters. The molecule has 1 aromatic rings. The topological polar surface area (TPSA) is 44.8 Å². The maximum atomic E-state index is 13.5. The molecule has 2 fully saturated rings. The van der Waals surface area contributed by atoms with Gasteiger partial charge in [0, 0.05) is 38.3 Å². The van der Waals surface area contributed by atoms with E-state index < -0.39 is 0 Å². The molecule has 24 heavy (non-hydrogen) atoms. The molecule has 0 unspecified atom stereocenters. The van der Waals surface area contributed by atoms with Crippen LogP contribution in [0.3, 0.4) is 0 Å². The Kier molecular flexibility index (Phi) is 5.68. The highest BCUT2D eigenvalue weighted by Gasteiger charge is 2.28. The lowest BCUT2D eigenvalue weighted by Gasteiger charge is -2.37. The number of rotatable bonds is 4. The van der Waals surface area contributed by atoms with Crippen molar-refractivity contribution in [3.05, 3.63) is 29.6 Å². The van der Waals surface area contributed by atoms with Crippen LogP contribution in [0.2, 0.25) is 0 Å². The zero-order valence-electron chi connectivity index (χ0n) is 14.3. The monoisotopic (exact) mass is 335 g/mol. The molecule has 0 spiro atoms. The first kappa shape index (κ1) is 17.2. The number of nitrogens with one attached hydrogen (secondary N) is 1. The van der Waals surface area contributed by atoms with Gasteiger partial charge in [0.25, 0.3) is 0 Å². The van der Waals surface area contributed by atoms with Crippen molar-refractivity contribution in [1.29, 1.82) is 0 Å². The number of methoxy groups -OCH3 is 1. The minimum atomic E-state index is -0.247. The lowest BCUT2D eigenvalue weighted by molar-refractivity contribution is -0.135. The van der Waals surface area contributed by atoms with Crippen LogP contribution in [-0.4, -0.2) is 61.6 Å². The van der Waals surface area contributed by atoms with Gasteiger partial charge in [-0.15, -0.1) is 0 Å². The zero-order valence-corrected chi connectivity index (χ0v) is 14.3. The number of piperazine rings is 1. The molecule has 132 valence electrons. The molecular weight excluding hydrogens is 309 g/mol. The molecule has 1 N–H and O–H groups in total. The summed E-state index contributed by atoms with van der Waals surface area (Å²) >= 11 is 0. The third-order valence-corrected chi connectivity index (χ3v) is 4.93. The molecule has 0 saturated carbocycles. The van der Waals surface area contributed by atoms with Gasteiger partial charge in [-0.05, 0) is 37.6 Å². The molecular formula is C18H26FN3O2. The number of benzene rings is 1. The van der Waals surface area contributed by atoms with E-state index in [1.807, 2.05) is 4.90 Å². The smallest absolute Gasteiger partial charge is 0.239 e. The van der Waals surface area contributed by atoms with Gasteiger partial charge in [0.2, 0.25) is 5.91 Å². The van der Waals surface area contributed by atoms with Gasteiger partial charge in [0.15, 0.2) is 0 Å². The zero-order chi connectivity index (χ0) is 16.9. The molecule has 5 nitrogen and oxygen atoms in total. The fourth-order valence-corrected chi connectivity index (χ4v) is 3.52. The number of piperidine rings is 1. The summed E-state index contributed by atoms with van der Waals surface area (Å²) in [6, 6.07) is 4.60. The first-order chi connectivity index (χ1) is 11.7. The predicted molar refractivity (Wildman–Crippen MR) is 90.5 cm³/mol. The summed E-state index contributed by atoms with van der Waals surface area (Å²) in [5, 5.41) is 3.33. The summed E-state index contributed by atoms with van der Waals surface area (Å²) in [7, 11) is 1.60. The number of ether oxygens (including phenoxy) is 1. The van der Waals surface area contributed by atoms with Crippen molar-refractivity contribution in [2.45, 2.75) is 31.8 Å². The molecule has 2 aliphatic heterocycles. The SMILES string of the molecule is COc1ccc(F)cc1CN1CCN(C(=O)[C@H]2CCCCN2)CC1. The van der Waals surface area contributed by atoms with Crippen LogP contribution in [0.5, 0.6) is 5.75 Å². The van der Waals surface area contributed by atoms with E-state index >= 15 is 0 Å². The fourth-order valence-electron chi connectivity index (χ4n) is 3.52. The summed E-state index contributed by atoms with van der Waals surface area (Å²) in [6.45, 7) is 4.65. The Morgan fingerprint density at radius 3 is 2.75 bits per heavy atom. The second-order valence-corrected chi connectivity index (χ2v) is 6.56. The van der Waals surface area contributed by atoms with Gasteiger partial charge in [-0.25, -0.2) is 4.39 Å². The maximum Gasteiger partial charge on any atom is 0.239 e. The highest BCUT2D eigenvalue weighted by Crippen LogP contribution is 2.22. The maximum absolute atomic E-state index is 13.5. The second-order valence-electron chi connectivity index (χ2n) is 6.56. The third-order valence-electron chi connectivity index (χ3n) is 4.93. The van der Waals surface area contributed by atoms with Crippen LogP contribution in [0.15, 0.2) is 18.2 Å². The quantitative estimate of drug-likeness (QED) is 0.908. The van der Waals surface area contributed by atoms with Crippen LogP contribution in [-0.2, 0) is 11.3 Å². The number of amides is 1. The molecule has 2 aliphatic rings. The lowest BCUT2D eigenvalue weighted by atomic mass is 10.0. The van der Waals surface area contributed by atoms with E-state index in [2.05, 4.69) is 10.2 Å². The van der Waals surface area contributed by atoms with E-state index in [1.54, 1.807) is 13.2 Å². The molecule has 0 aromatic heterocycles. The van der Waals surface area contributed by atoms with Crippen molar-refractivity contribution in [2.24, 2.45) is 0 Å². The number of nitrogens with zero attached hydrogens (tertiary/aromatic N) is 2. The summed E-state index contributed by atoms with van der Waals surface area (Å²) in [6.07, 6.45) is 3.23. The molecule has 2 saturated heterocycles. The van der Waals surface area contributed by atoms with Gasteiger partial charge in [0.05, 0.1) is 13.2 Å². The molecule has 2 heterocycles. The molecule has 0 aliphatic carbocycles. The van der Waals surface area contributed by atoms with Crippen LogP contribution in [0.4, 0.5) is 4.39 Å². The Hall–Kier alpha value is -1.66. The predicted octanol–water partition coefficient (Wildman–Crippen LogP) is 1.62. The first-order valence-corrected chi connectivity index (χ1v) is 8.74. The Morgan fingerprint density at radius 1 is 1.29 bits per heavy atom. The number of halogens is 1. The van der Waals surface area contributed by atoms with Crippen LogP contribution in [0.1, 0.15) is 24.8 Å². The van der Waals surface area contributed by atoms with Crippen molar-refractivity contribution in [1.82, 2.24) is 15.1 Å². The minimum absolute atomic E-state index is 0.00591. The first-order valence-electron chi connectivity index (χ1n) is 8.74. The fraction of sp³-hybridized carbons (Fsp3) is 0.611. The average Bonchev–Trinajstić information content (AvgIpc) is 2.63. The molecule has 3 rings (SSSR count). The van der Waals surface area contributed by atoms with Crippen molar-refractivity contribution in [3.63, 3.8) is 0 Å². The van der Waals surface area contributed by atoms with Crippen molar-refractivity contribution in [3.8, 4) is 5.75 Å². The van der Waals surface area contributed by atoms with E-state index in [-0.39, 0.29) is 17.8 Å². The Balaban J connectivity index is 1.53. The average molecular weight is 335 g/mol. The van der Waals surface area contributed by atoms with Crippen molar-refractivity contribution in [2.75, 3.05) is 39.8 Å². The number of carbonyl (C=O) groups is 1. The van der Waals surface area contributed by atoms with Crippen LogP contribution in [0, 0.1) is 5.82 Å². The number of hydrogen-bond donors (Lipinski definition) is 1. The summed E-state index contributed by atoms with van der Waals surface area (Å²) in [5.74, 6) is 0.696. The molecule has 1 aromatic carbocycles. The van der Waals surface area contributed by atoms with E-state index in [1.165, 1.54) is 12.1 Å². The van der Waals surface area contributed by atoms with E-state index in [0.717, 1.165) is 57.5 Å². The van der Waals surface area contributed by atoms with Crippen LogP contribution < -0.4 is 10.1 Å². The van der Waals surface area contributed by atoms with Gasteiger partial charge in [0.1, 0.15) is 11.6 Å². The molecule has 1 amide bonds.